The molecule has 2 atom stereocenters. The van der Waals surface area contributed by atoms with Gasteiger partial charge in [-0.15, -0.1) is 23.2 Å². The lowest BCUT2D eigenvalue weighted by atomic mass is 10.0. The summed E-state index contributed by atoms with van der Waals surface area (Å²) in [4.78, 5) is 26.5. The predicted molar refractivity (Wildman–Crippen MR) is 86.2 cm³/mol. The number of nitrogens with zero attached hydrogens (tertiary/aromatic N) is 1. The van der Waals surface area contributed by atoms with Gasteiger partial charge in [0.15, 0.2) is 5.78 Å². The van der Waals surface area contributed by atoms with E-state index in [0.29, 0.717) is 12.8 Å². The predicted octanol–water partition coefficient (Wildman–Crippen LogP) is 3.77. The fourth-order valence-electron chi connectivity index (χ4n) is 2.71. The zero-order valence-electron chi connectivity index (χ0n) is 11.8. The Labute approximate surface area is 135 Å². The highest BCUT2D eigenvalue weighted by Crippen LogP contribution is 2.27. The number of Topliss-reactive ketones (excluding diaryl/α,β-unsaturated/α-hetero) is 1. The molecule has 114 valence electrons. The summed E-state index contributed by atoms with van der Waals surface area (Å²) in [6.07, 6.45) is 2.87. The molecule has 1 aromatic rings. The number of carbonyl (C=O) groups is 2. The first-order valence-corrected chi connectivity index (χ1v) is 8.20. The highest BCUT2D eigenvalue weighted by molar-refractivity contribution is 6.22. The van der Waals surface area contributed by atoms with Crippen LogP contribution in [0.3, 0.4) is 0 Å². The molecular weight excluding hydrogens is 309 g/mol. The van der Waals surface area contributed by atoms with Crippen molar-refractivity contribution in [3.05, 3.63) is 30.3 Å². The molecule has 0 aromatic heterocycles. The van der Waals surface area contributed by atoms with Crippen molar-refractivity contribution in [1.29, 1.82) is 0 Å². The molecule has 0 spiro atoms. The number of rotatable bonds is 4. The second-order valence-corrected chi connectivity index (χ2v) is 6.25. The Kier molecular flexibility index (Phi) is 6.07. The van der Waals surface area contributed by atoms with Crippen molar-refractivity contribution in [2.75, 3.05) is 10.8 Å². The first-order chi connectivity index (χ1) is 10.1. The lowest BCUT2D eigenvalue weighted by molar-refractivity contribution is -0.124. The van der Waals surface area contributed by atoms with Gasteiger partial charge >= 0.3 is 0 Å². The van der Waals surface area contributed by atoms with Crippen LogP contribution in [0.1, 0.15) is 32.1 Å². The topological polar surface area (TPSA) is 37.4 Å². The van der Waals surface area contributed by atoms with E-state index in [-0.39, 0.29) is 29.4 Å². The van der Waals surface area contributed by atoms with E-state index in [9.17, 15) is 9.59 Å². The minimum Gasteiger partial charge on any atom is -0.302 e. The fourth-order valence-corrected chi connectivity index (χ4v) is 3.18. The van der Waals surface area contributed by atoms with Crippen LogP contribution >= 0.6 is 23.2 Å². The van der Waals surface area contributed by atoms with Crippen LogP contribution in [0.15, 0.2) is 30.3 Å². The largest absolute Gasteiger partial charge is 0.302 e. The molecule has 1 aliphatic carbocycles. The van der Waals surface area contributed by atoms with Crippen LogP contribution in [-0.4, -0.2) is 29.0 Å². The van der Waals surface area contributed by atoms with Crippen LogP contribution < -0.4 is 4.90 Å². The highest BCUT2D eigenvalue weighted by Gasteiger charge is 2.33. The maximum absolute atomic E-state index is 12.4. The minimum atomic E-state index is -0.424. The van der Waals surface area contributed by atoms with Gasteiger partial charge in [0.1, 0.15) is 0 Å². The van der Waals surface area contributed by atoms with E-state index < -0.39 is 6.04 Å². The van der Waals surface area contributed by atoms with Gasteiger partial charge in [0.25, 0.3) is 0 Å². The number of hydrogen-bond donors (Lipinski definition) is 0. The number of hydrogen-bond acceptors (Lipinski definition) is 2. The van der Waals surface area contributed by atoms with Crippen molar-refractivity contribution in [2.45, 2.75) is 43.5 Å². The molecular formula is C16H19Cl2NO2. The number of ketones is 1. The minimum absolute atomic E-state index is 0.0410. The first-order valence-electron chi connectivity index (χ1n) is 7.23. The highest BCUT2D eigenvalue weighted by atomic mass is 35.5. The third kappa shape index (κ3) is 4.21. The molecule has 1 amide bonds. The van der Waals surface area contributed by atoms with Crippen LogP contribution in [0.25, 0.3) is 0 Å². The van der Waals surface area contributed by atoms with Crippen LogP contribution in [0.2, 0.25) is 0 Å². The number of alkyl halides is 2. The van der Waals surface area contributed by atoms with E-state index in [4.69, 9.17) is 23.2 Å². The molecule has 1 aromatic carbocycles. The van der Waals surface area contributed by atoms with Crippen molar-refractivity contribution < 1.29 is 9.59 Å². The number of benzene rings is 1. The number of amides is 1. The van der Waals surface area contributed by atoms with E-state index in [1.807, 2.05) is 30.3 Å². The molecule has 1 saturated carbocycles. The molecule has 2 rings (SSSR count). The Morgan fingerprint density at radius 3 is 2.62 bits per heavy atom. The monoisotopic (exact) mass is 327 g/mol. The van der Waals surface area contributed by atoms with E-state index in [1.54, 1.807) is 4.90 Å². The Hall–Kier alpha value is -1.06. The second-order valence-electron chi connectivity index (χ2n) is 5.25. The third-order valence-electron chi connectivity index (χ3n) is 3.71. The van der Waals surface area contributed by atoms with Crippen molar-refractivity contribution in [3.63, 3.8) is 0 Å². The van der Waals surface area contributed by atoms with Gasteiger partial charge in [-0.05, 0) is 31.4 Å². The van der Waals surface area contributed by atoms with Crippen molar-refractivity contribution in [3.8, 4) is 0 Å². The van der Waals surface area contributed by atoms with Crippen molar-refractivity contribution >= 4 is 40.6 Å². The Morgan fingerprint density at radius 2 is 1.95 bits per heavy atom. The number of carbonyl (C=O) groups excluding carboxylic acids is 2. The summed E-state index contributed by atoms with van der Waals surface area (Å²) in [5, 5.41) is -0.122. The van der Waals surface area contributed by atoms with Crippen molar-refractivity contribution in [2.24, 2.45) is 0 Å². The van der Waals surface area contributed by atoms with Gasteiger partial charge in [0, 0.05) is 29.8 Å². The maximum Gasteiger partial charge on any atom is 0.228 e. The first kappa shape index (κ1) is 16.3. The standard InChI is InChI=1S/C16H19Cl2NO2/c17-10-9-16(21)19(13-6-2-1-3-7-13)14-8-4-5-12(18)11-15(14)20/h1-3,6-7,12,14H,4-5,8-11H2. The average Bonchev–Trinajstić information content (AvgIpc) is 2.62. The molecule has 21 heavy (non-hydrogen) atoms. The zero-order chi connectivity index (χ0) is 15.2. The van der Waals surface area contributed by atoms with Crippen LogP contribution in [0, 0.1) is 0 Å². The SMILES string of the molecule is O=C1CC(Cl)CCCC1N(C(=O)CCCl)c1ccccc1. The third-order valence-corrected chi connectivity index (χ3v) is 4.27. The maximum atomic E-state index is 12.4. The molecule has 0 bridgehead atoms. The van der Waals surface area contributed by atoms with Gasteiger partial charge in [-0.3, -0.25) is 9.59 Å². The van der Waals surface area contributed by atoms with E-state index in [1.165, 1.54) is 0 Å². The summed E-state index contributed by atoms with van der Waals surface area (Å²) in [7, 11) is 0. The van der Waals surface area contributed by atoms with Crippen LogP contribution in [0.4, 0.5) is 5.69 Å². The number of para-hydroxylation sites is 1. The molecule has 1 aliphatic rings. The Balaban J connectivity index is 2.30. The van der Waals surface area contributed by atoms with Gasteiger partial charge < -0.3 is 4.90 Å². The number of anilines is 1. The quantitative estimate of drug-likeness (QED) is 0.623. The summed E-state index contributed by atoms with van der Waals surface area (Å²) >= 11 is 11.8. The summed E-state index contributed by atoms with van der Waals surface area (Å²) in [6.45, 7) is 0. The summed E-state index contributed by atoms with van der Waals surface area (Å²) < 4.78 is 0. The molecule has 0 radical (unpaired) electrons. The molecule has 0 N–H and O–H groups in total. The van der Waals surface area contributed by atoms with E-state index in [0.717, 1.165) is 18.5 Å². The smallest absolute Gasteiger partial charge is 0.228 e. The summed E-state index contributed by atoms with van der Waals surface area (Å²) in [5.74, 6) is 0.183. The van der Waals surface area contributed by atoms with Gasteiger partial charge in [0.05, 0.1) is 6.04 Å². The van der Waals surface area contributed by atoms with Gasteiger partial charge in [-0.25, -0.2) is 0 Å². The Bertz CT molecular complexity index is 492. The molecule has 0 heterocycles. The van der Waals surface area contributed by atoms with Crippen LogP contribution in [-0.2, 0) is 9.59 Å². The summed E-state index contributed by atoms with van der Waals surface area (Å²) in [5.41, 5.74) is 0.749. The fraction of sp³-hybridized carbons (Fsp3) is 0.500. The molecule has 0 aliphatic heterocycles. The van der Waals surface area contributed by atoms with E-state index in [2.05, 4.69) is 0 Å². The van der Waals surface area contributed by atoms with Gasteiger partial charge in [0.2, 0.25) is 5.91 Å². The molecule has 3 nitrogen and oxygen atoms in total. The molecule has 2 unspecified atom stereocenters. The Morgan fingerprint density at radius 1 is 1.24 bits per heavy atom. The lowest BCUT2D eigenvalue weighted by Crippen LogP contribution is -2.45. The number of halogens is 2. The molecule has 0 saturated heterocycles. The summed E-state index contributed by atoms with van der Waals surface area (Å²) in [6, 6.07) is 8.89. The normalized spacial score (nSPS) is 22.7. The lowest BCUT2D eigenvalue weighted by Gasteiger charge is -2.30. The van der Waals surface area contributed by atoms with Crippen LogP contribution in [0.5, 0.6) is 0 Å². The van der Waals surface area contributed by atoms with E-state index >= 15 is 0 Å². The molecule has 1 fully saturated rings. The van der Waals surface area contributed by atoms with Gasteiger partial charge in [-0.2, -0.15) is 0 Å². The van der Waals surface area contributed by atoms with Crippen molar-refractivity contribution in [1.82, 2.24) is 0 Å². The van der Waals surface area contributed by atoms with Gasteiger partial charge in [-0.1, -0.05) is 18.2 Å². The zero-order valence-corrected chi connectivity index (χ0v) is 13.3. The average molecular weight is 328 g/mol. The molecule has 5 heteroatoms. The second kappa shape index (κ2) is 7.81.